The number of rotatable bonds is 3. The SMILES string of the molecule is CS(=O)(=O)C[C](C#N)C(N)=O. The maximum absolute atomic E-state index is 10.5. The fourth-order valence-corrected chi connectivity index (χ4v) is 1.15. The highest BCUT2D eigenvalue weighted by Crippen LogP contribution is 2.00. The molecule has 1 radical (unpaired) electrons. The Morgan fingerprint density at radius 2 is 2.09 bits per heavy atom. The van der Waals surface area contributed by atoms with E-state index in [9.17, 15) is 13.2 Å². The molecular formula is C5H7N2O3S. The first-order chi connectivity index (χ1) is 4.87. The van der Waals surface area contributed by atoms with Crippen molar-refractivity contribution < 1.29 is 13.2 Å². The number of nitrogens with two attached hydrogens (primary N) is 1. The molecule has 0 saturated heterocycles. The minimum Gasteiger partial charge on any atom is -0.368 e. The summed E-state index contributed by atoms with van der Waals surface area (Å²) in [5.41, 5.74) is 4.69. The van der Waals surface area contributed by atoms with Crippen LogP contribution in [0, 0.1) is 17.2 Å². The zero-order valence-electron chi connectivity index (χ0n) is 5.86. The Bertz CT molecular complexity index is 287. The lowest BCUT2D eigenvalue weighted by atomic mass is 10.2. The fourth-order valence-electron chi connectivity index (χ4n) is 0.421. The first kappa shape index (κ1) is 9.91. The maximum Gasteiger partial charge on any atom is 0.241 e. The van der Waals surface area contributed by atoms with Gasteiger partial charge in [-0.2, -0.15) is 5.26 Å². The van der Waals surface area contributed by atoms with Gasteiger partial charge < -0.3 is 5.73 Å². The lowest BCUT2D eigenvalue weighted by molar-refractivity contribution is -0.115. The van der Waals surface area contributed by atoms with Gasteiger partial charge in [-0.15, -0.1) is 0 Å². The number of hydrogen-bond acceptors (Lipinski definition) is 4. The van der Waals surface area contributed by atoms with Gasteiger partial charge in [0.25, 0.3) is 0 Å². The van der Waals surface area contributed by atoms with E-state index in [0.717, 1.165) is 6.26 Å². The summed E-state index contributed by atoms with van der Waals surface area (Å²) in [5, 5.41) is 8.21. The molecule has 0 saturated carbocycles. The molecule has 2 N–H and O–H groups in total. The number of carbonyl (C=O) groups excluding carboxylic acids is 1. The van der Waals surface area contributed by atoms with Gasteiger partial charge in [-0.05, 0) is 0 Å². The van der Waals surface area contributed by atoms with Crippen LogP contribution in [0.4, 0.5) is 0 Å². The Balaban J connectivity index is 4.38. The van der Waals surface area contributed by atoms with Gasteiger partial charge in [0, 0.05) is 6.26 Å². The Morgan fingerprint density at radius 3 is 2.18 bits per heavy atom. The molecule has 0 aliphatic heterocycles. The third kappa shape index (κ3) is 4.33. The van der Waals surface area contributed by atoms with E-state index in [1.807, 2.05) is 0 Å². The summed E-state index contributed by atoms with van der Waals surface area (Å²) in [6.45, 7) is 0. The number of primary amides is 1. The smallest absolute Gasteiger partial charge is 0.241 e. The van der Waals surface area contributed by atoms with E-state index in [0.29, 0.717) is 0 Å². The summed E-state index contributed by atoms with van der Waals surface area (Å²) in [6, 6.07) is 1.42. The van der Waals surface area contributed by atoms with Crippen molar-refractivity contribution in [2.75, 3.05) is 12.0 Å². The van der Waals surface area contributed by atoms with Crippen LogP contribution >= 0.6 is 0 Å². The molecule has 0 aromatic heterocycles. The molecule has 0 heterocycles. The zero-order valence-corrected chi connectivity index (χ0v) is 6.68. The molecule has 0 unspecified atom stereocenters. The van der Waals surface area contributed by atoms with Gasteiger partial charge in [0.2, 0.25) is 5.91 Å². The summed E-state index contributed by atoms with van der Waals surface area (Å²) < 4.78 is 21.1. The number of amides is 1. The van der Waals surface area contributed by atoms with Gasteiger partial charge in [0.1, 0.15) is 9.84 Å². The van der Waals surface area contributed by atoms with Crippen LogP contribution in [0.25, 0.3) is 0 Å². The van der Waals surface area contributed by atoms with Crippen LogP contribution in [0.3, 0.4) is 0 Å². The van der Waals surface area contributed by atoms with Crippen molar-refractivity contribution in [3.8, 4) is 6.07 Å². The van der Waals surface area contributed by atoms with Crippen LogP contribution in [0.1, 0.15) is 0 Å². The normalized spacial score (nSPS) is 11.0. The standard InChI is InChI=1S/C5H7N2O3S/c1-11(9,10)3-4(2-6)5(7)8/h3H2,1H3,(H2,7,8). The predicted molar refractivity (Wildman–Crippen MR) is 37.8 cm³/mol. The molecule has 11 heavy (non-hydrogen) atoms. The van der Waals surface area contributed by atoms with Crippen LogP contribution in [0.15, 0.2) is 0 Å². The molecule has 0 bridgehead atoms. The number of sulfone groups is 1. The van der Waals surface area contributed by atoms with Gasteiger partial charge in [0.05, 0.1) is 11.8 Å². The van der Waals surface area contributed by atoms with Crippen LogP contribution in [-0.4, -0.2) is 26.3 Å². The van der Waals surface area contributed by atoms with Crippen LogP contribution < -0.4 is 5.73 Å². The van der Waals surface area contributed by atoms with Crippen molar-refractivity contribution in [1.82, 2.24) is 0 Å². The van der Waals surface area contributed by atoms with E-state index in [2.05, 4.69) is 0 Å². The van der Waals surface area contributed by atoms with Crippen molar-refractivity contribution in [3.63, 3.8) is 0 Å². The van der Waals surface area contributed by atoms with Crippen LogP contribution in [0.5, 0.6) is 0 Å². The second kappa shape index (κ2) is 3.34. The van der Waals surface area contributed by atoms with E-state index in [4.69, 9.17) is 11.0 Å². The van der Waals surface area contributed by atoms with Crippen molar-refractivity contribution in [3.05, 3.63) is 5.92 Å². The van der Waals surface area contributed by atoms with E-state index in [-0.39, 0.29) is 0 Å². The maximum atomic E-state index is 10.5. The van der Waals surface area contributed by atoms with Gasteiger partial charge in [-0.1, -0.05) is 0 Å². The number of nitrogens with zero attached hydrogens (tertiary/aromatic N) is 1. The number of nitriles is 1. The Kier molecular flexibility index (Phi) is 3.01. The monoisotopic (exact) mass is 175 g/mol. The molecule has 0 aliphatic carbocycles. The van der Waals surface area contributed by atoms with Crippen LogP contribution in [-0.2, 0) is 14.6 Å². The molecule has 6 heteroatoms. The number of hydrogen-bond donors (Lipinski definition) is 1. The van der Waals surface area contributed by atoms with Gasteiger partial charge in [0.15, 0.2) is 5.92 Å². The molecule has 61 valence electrons. The second-order valence-electron chi connectivity index (χ2n) is 2.02. The van der Waals surface area contributed by atoms with Gasteiger partial charge in [-0.3, -0.25) is 4.79 Å². The minimum atomic E-state index is -3.34. The number of carbonyl (C=O) groups is 1. The van der Waals surface area contributed by atoms with E-state index in [1.165, 1.54) is 6.07 Å². The van der Waals surface area contributed by atoms with Crippen molar-refractivity contribution in [1.29, 1.82) is 5.26 Å². The summed E-state index contributed by atoms with van der Waals surface area (Å²) in [5.74, 6) is -2.01. The average Bonchev–Trinajstić information content (AvgIpc) is 1.80. The zero-order chi connectivity index (χ0) is 9.07. The third-order valence-corrected chi connectivity index (χ3v) is 1.65. The van der Waals surface area contributed by atoms with E-state index < -0.39 is 27.4 Å². The summed E-state index contributed by atoms with van der Waals surface area (Å²) in [4.78, 5) is 10.3. The Labute approximate surface area is 64.7 Å². The first-order valence-corrected chi connectivity index (χ1v) is 4.66. The topological polar surface area (TPSA) is 101 Å². The highest BCUT2D eigenvalue weighted by atomic mass is 32.2. The molecule has 0 aromatic carbocycles. The highest BCUT2D eigenvalue weighted by Gasteiger charge is 2.21. The molecule has 0 atom stereocenters. The van der Waals surface area contributed by atoms with Crippen molar-refractivity contribution in [2.45, 2.75) is 0 Å². The van der Waals surface area contributed by atoms with E-state index >= 15 is 0 Å². The first-order valence-electron chi connectivity index (χ1n) is 2.60. The Hall–Kier alpha value is -1.09. The second-order valence-corrected chi connectivity index (χ2v) is 4.16. The summed E-state index contributed by atoms with van der Waals surface area (Å²) >= 11 is 0. The third-order valence-electron chi connectivity index (χ3n) is 0.839. The van der Waals surface area contributed by atoms with Gasteiger partial charge >= 0.3 is 0 Å². The Morgan fingerprint density at radius 1 is 1.64 bits per heavy atom. The largest absolute Gasteiger partial charge is 0.368 e. The van der Waals surface area contributed by atoms with E-state index in [1.54, 1.807) is 0 Å². The molecule has 0 rings (SSSR count). The fraction of sp³-hybridized carbons (Fsp3) is 0.400. The highest BCUT2D eigenvalue weighted by molar-refractivity contribution is 7.90. The molecular weight excluding hydrogens is 168 g/mol. The quantitative estimate of drug-likeness (QED) is 0.570. The molecule has 0 fully saturated rings. The lowest BCUT2D eigenvalue weighted by Gasteiger charge is -1.99. The molecule has 0 aliphatic rings. The van der Waals surface area contributed by atoms with Crippen LogP contribution in [0.2, 0.25) is 0 Å². The summed E-state index contributed by atoms with van der Waals surface area (Å²) in [7, 11) is -3.34. The summed E-state index contributed by atoms with van der Waals surface area (Å²) in [6.07, 6.45) is 0.924. The predicted octanol–water partition coefficient (Wildman–Crippen LogP) is -1.39. The van der Waals surface area contributed by atoms with Crippen molar-refractivity contribution in [2.24, 2.45) is 5.73 Å². The molecule has 0 spiro atoms. The molecule has 5 nitrogen and oxygen atoms in total. The lowest BCUT2D eigenvalue weighted by Crippen LogP contribution is -2.26. The average molecular weight is 175 g/mol. The van der Waals surface area contributed by atoms with Crippen molar-refractivity contribution >= 4 is 15.7 Å². The molecule has 0 aromatic rings. The minimum absolute atomic E-state index is 0.437. The molecule has 1 amide bonds. The van der Waals surface area contributed by atoms with Gasteiger partial charge in [-0.25, -0.2) is 8.42 Å².